The minimum atomic E-state index is -4.37. The van der Waals surface area contributed by atoms with Gasteiger partial charge in [-0.3, -0.25) is 0 Å². The number of rotatable bonds is 4. The summed E-state index contributed by atoms with van der Waals surface area (Å²) in [6.07, 6.45) is -3.03. The van der Waals surface area contributed by atoms with Gasteiger partial charge in [0.2, 0.25) is 0 Å². The van der Waals surface area contributed by atoms with Crippen molar-refractivity contribution >= 4 is 5.82 Å². The van der Waals surface area contributed by atoms with Crippen LogP contribution in [-0.4, -0.2) is 37.1 Å². The Morgan fingerprint density at radius 3 is 2.62 bits per heavy atom. The number of nitrogens with zero attached hydrogens (tertiary/aromatic N) is 2. The predicted molar refractivity (Wildman–Crippen MR) is 56.3 cm³/mol. The Morgan fingerprint density at radius 2 is 2.06 bits per heavy atom. The van der Waals surface area contributed by atoms with Crippen molar-refractivity contribution in [3.05, 3.63) is 23.9 Å². The van der Waals surface area contributed by atoms with Crippen LogP contribution in [0.1, 0.15) is 5.56 Å². The van der Waals surface area contributed by atoms with Crippen molar-refractivity contribution < 1.29 is 13.2 Å². The molecule has 0 aliphatic carbocycles. The highest BCUT2D eigenvalue weighted by Crippen LogP contribution is 2.33. The van der Waals surface area contributed by atoms with Gasteiger partial charge in [-0.05, 0) is 26.2 Å². The highest BCUT2D eigenvalue weighted by molar-refractivity contribution is 5.45. The quantitative estimate of drug-likeness (QED) is 0.863. The van der Waals surface area contributed by atoms with E-state index in [4.69, 9.17) is 0 Å². The first-order valence-electron chi connectivity index (χ1n) is 4.82. The van der Waals surface area contributed by atoms with E-state index in [1.165, 1.54) is 12.3 Å². The molecule has 1 aromatic heterocycles. The third kappa shape index (κ3) is 3.69. The van der Waals surface area contributed by atoms with Crippen LogP contribution in [0.15, 0.2) is 18.3 Å². The van der Waals surface area contributed by atoms with Crippen LogP contribution in [0.5, 0.6) is 0 Å². The van der Waals surface area contributed by atoms with E-state index in [9.17, 15) is 13.2 Å². The second-order valence-electron chi connectivity index (χ2n) is 3.63. The average Bonchev–Trinajstić information content (AvgIpc) is 2.16. The van der Waals surface area contributed by atoms with Crippen molar-refractivity contribution in [3.63, 3.8) is 0 Å². The lowest BCUT2D eigenvalue weighted by molar-refractivity contribution is -0.137. The molecule has 0 spiro atoms. The van der Waals surface area contributed by atoms with Crippen molar-refractivity contribution in [1.29, 1.82) is 0 Å². The fraction of sp³-hybridized carbons (Fsp3) is 0.500. The zero-order valence-electron chi connectivity index (χ0n) is 9.17. The summed E-state index contributed by atoms with van der Waals surface area (Å²) in [4.78, 5) is 5.57. The predicted octanol–water partition coefficient (Wildman–Crippen LogP) is 2.07. The molecule has 0 bridgehead atoms. The number of pyridine rings is 1. The van der Waals surface area contributed by atoms with Crippen LogP contribution in [-0.2, 0) is 6.18 Å². The maximum absolute atomic E-state index is 12.5. The number of alkyl halides is 3. The molecule has 0 saturated carbocycles. The molecule has 0 unspecified atom stereocenters. The molecule has 0 fully saturated rings. The van der Waals surface area contributed by atoms with Gasteiger partial charge >= 0.3 is 6.18 Å². The molecule has 3 nitrogen and oxygen atoms in total. The first-order valence-corrected chi connectivity index (χ1v) is 4.82. The summed E-state index contributed by atoms with van der Waals surface area (Å²) in [5.41, 5.74) is -0.728. The van der Waals surface area contributed by atoms with Gasteiger partial charge in [-0.1, -0.05) is 0 Å². The third-order valence-corrected chi connectivity index (χ3v) is 1.96. The molecule has 1 heterocycles. The van der Waals surface area contributed by atoms with Crippen LogP contribution in [0.25, 0.3) is 0 Å². The van der Waals surface area contributed by atoms with E-state index in [0.717, 1.165) is 6.07 Å². The topological polar surface area (TPSA) is 28.2 Å². The zero-order chi connectivity index (χ0) is 12.2. The molecule has 0 aliphatic rings. The molecule has 0 radical (unpaired) electrons. The molecule has 90 valence electrons. The summed E-state index contributed by atoms with van der Waals surface area (Å²) in [6, 6.07) is 2.30. The van der Waals surface area contributed by atoms with Crippen LogP contribution in [0, 0.1) is 0 Å². The van der Waals surface area contributed by atoms with Crippen LogP contribution >= 0.6 is 0 Å². The number of anilines is 1. The molecule has 6 heteroatoms. The summed E-state index contributed by atoms with van der Waals surface area (Å²) >= 11 is 0. The van der Waals surface area contributed by atoms with Crippen molar-refractivity contribution in [2.24, 2.45) is 0 Å². The van der Waals surface area contributed by atoms with E-state index in [1.807, 2.05) is 19.0 Å². The van der Waals surface area contributed by atoms with Crippen molar-refractivity contribution in [1.82, 2.24) is 9.88 Å². The molecular formula is C10H14F3N3. The van der Waals surface area contributed by atoms with E-state index in [1.54, 1.807) is 0 Å². The van der Waals surface area contributed by atoms with Gasteiger partial charge in [0, 0.05) is 19.3 Å². The van der Waals surface area contributed by atoms with Gasteiger partial charge in [0.1, 0.15) is 5.82 Å². The Hall–Kier alpha value is -1.30. The van der Waals surface area contributed by atoms with Gasteiger partial charge in [0.25, 0.3) is 0 Å². The van der Waals surface area contributed by atoms with Crippen molar-refractivity contribution in [3.8, 4) is 0 Å². The standard InChI is InChI=1S/C10H14F3N3/c1-16(2)7-6-15-9-8(10(11,12)13)4-3-5-14-9/h3-5H,6-7H2,1-2H3,(H,14,15). The van der Waals surface area contributed by atoms with Crippen LogP contribution in [0.2, 0.25) is 0 Å². The number of hydrogen-bond donors (Lipinski definition) is 1. The van der Waals surface area contributed by atoms with Crippen molar-refractivity contribution in [2.75, 3.05) is 32.5 Å². The second-order valence-corrected chi connectivity index (χ2v) is 3.63. The maximum atomic E-state index is 12.5. The van der Waals surface area contributed by atoms with E-state index in [2.05, 4.69) is 10.3 Å². The minimum Gasteiger partial charge on any atom is -0.368 e. The first kappa shape index (κ1) is 12.8. The van der Waals surface area contributed by atoms with Crippen LogP contribution in [0.3, 0.4) is 0 Å². The van der Waals surface area contributed by atoms with Gasteiger partial charge in [0.15, 0.2) is 0 Å². The normalized spacial score (nSPS) is 11.9. The smallest absolute Gasteiger partial charge is 0.368 e. The molecule has 1 aromatic rings. The summed E-state index contributed by atoms with van der Waals surface area (Å²) in [5, 5.41) is 2.68. The number of halogens is 3. The Labute approximate surface area is 92.3 Å². The molecule has 0 atom stereocenters. The van der Waals surface area contributed by atoms with Crippen LogP contribution in [0.4, 0.5) is 19.0 Å². The first-order chi connectivity index (χ1) is 7.41. The maximum Gasteiger partial charge on any atom is 0.419 e. The highest BCUT2D eigenvalue weighted by atomic mass is 19.4. The summed E-state index contributed by atoms with van der Waals surface area (Å²) in [5.74, 6) is -0.114. The van der Waals surface area contributed by atoms with Gasteiger partial charge < -0.3 is 10.2 Å². The third-order valence-electron chi connectivity index (χ3n) is 1.96. The van der Waals surface area contributed by atoms with Crippen LogP contribution < -0.4 is 5.32 Å². The lowest BCUT2D eigenvalue weighted by Crippen LogP contribution is -2.22. The second kappa shape index (κ2) is 5.16. The lowest BCUT2D eigenvalue weighted by Gasteiger charge is -2.14. The largest absolute Gasteiger partial charge is 0.419 e. The Morgan fingerprint density at radius 1 is 1.38 bits per heavy atom. The molecule has 16 heavy (non-hydrogen) atoms. The zero-order valence-corrected chi connectivity index (χ0v) is 9.17. The average molecular weight is 233 g/mol. The fourth-order valence-electron chi connectivity index (χ4n) is 1.17. The molecule has 0 amide bonds. The van der Waals surface area contributed by atoms with Gasteiger partial charge in [0.05, 0.1) is 5.56 Å². The lowest BCUT2D eigenvalue weighted by atomic mass is 10.2. The molecule has 1 rings (SSSR count). The Bertz CT molecular complexity index is 336. The van der Waals surface area contributed by atoms with E-state index >= 15 is 0 Å². The Kier molecular flexibility index (Phi) is 4.12. The molecule has 1 N–H and O–H groups in total. The monoisotopic (exact) mass is 233 g/mol. The highest BCUT2D eigenvalue weighted by Gasteiger charge is 2.33. The Balaban J connectivity index is 2.72. The number of aromatic nitrogens is 1. The minimum absolute atomic E-state index is 0.114. The molecule has 0 aromatic carbocycles. The van der Waals surface area contributed by atoms with Crippen molar-refractivity contribution in [2.45, 2.75) is 6.18 Å². The number of hydrogen-bond acceptors (Lipinski definition) is 3. The van der Waals surface area contributed by atoms with Gasteiger partial charge in [-0.25, -0.2) is 4.98 Å². The number of likely N-dealkylation sites (N-methyl/N-ethyl adjacent to an activating group) is 1. The van der Waals surface area contributed by atoms with E-state index < -0.39 is 11.7 Å². The summed E-state index contributed by atoms with van der Waals surface area (Å²) in [7, 11) is 3.70. The van der Waals surface area contributed by atoms with E-state index in [0.29, 0.717) is 13.1 Å². The molecule has 0 saturated heterocycles. The molecular weight excluding hydrogens is 219 g/mol. The fourth-order valence-corrected chi connectivity index (χ4v) is 1.17. The molecule has 0 aliphatic heterocycles. The SMILES string of the molecule is CN(C)CCNc1ncccc1C(F)(F)F. The summed E-state index contributed by atoms with van der Waals surface area (Å²) in [6.45, 7) is 1.07. The number of nitrogens with one attached hydrogen (secondary N) is 1. The van der Waals surface area contributed by atoms with E-state index in [-0.39, 0.29) is 5.82 Å². The van der Waals surface area contributed by atoms with Gasteiger partial charge in [-0.15, -0.1) is 0 Å². The van der Waals surface area contributed by atoms with Gasteiger partial charge in [-0.2, -0.15) is 13.2 Å². The summed E-state index contributed by atoms with van der Waals surface area (Å²) < 4.78 is 37.6.